The molecule has 0 aliphatic heterocycles. The molecule has 0 atom stereocenters. The first kappa shape index (κ1) is 16.0. The van der Waals surface area contributed by atoms with E-state index in [9.17, 15) is 4.79 Å². The molecule has 0 unspecified atom stereocenters. The highest BCUT2D eigenvalue weighted by Gasteiger charge is 2.11. The van der Waals surface area contributed by atoms with E-state index in [1.165, 1.54) is 23.1 Å². The summed E-state index contributed by atoms with van der Waals surface area (Å²) in [5, 5.41) is 3.08. The fraction of sp³-hybridized carbons (Fsp3) is 0.133. The highest BCUT2D eigenvalue weighted by molar-refractivity contribution is 8.01. The summed E-state index contributed by atoms with van der Waals surface area (Å²) in [5.74, 6) is 0.103. The fourth-order valence-electron chi connectivity index (χ4n) is 1.96. The zero-order valence-electron chi connectivity index (χ0n) is 12.2. The predicted octanol–water partition coefficient (Wildman–Crippen LogP) is 3.97. The molecule has 1 amide bonds. The molecule has 118 valence electrons. The molecule has 0 bridgehead atoms. The van der Waals surface area contributed by atoms with Crippen LogP contribution in [0.4, 0.5) is 11.4 Å². The van der Waals surface area contributed by atoms with Gasteiger partial charge in [-0.15, -0.1) is 11.3 Å². The first-order valence-corrected chi connectivity index (χ1v) is 8.91. The average molecular weight is 365 g/mol. The second-order valence-electron chi connectivity index (χ2n) is 4.84. The summed E-state index contributed by atoms with van der Waals surface area (Å²) in [6, 6.07) is 7.38. The first-order chi connectivity index (χ1) is 11.0. The number of hydrogen-bond acceptors (Lipinski definition) is 6. The normalized spacial score (nSPS) is 10.9. The number of amides is 1. The molecule has 0 aliphatic carbocycles. The van der Waals surface area contributed by atoms with Gasteiger partial charge in [-0.05, 0) is 36.8 Å². The van der Waals surface area contributed by atoms with Gasteiger partial charge >= 0.3 is 0 Å². The molecule has 1 aromatic carbocycles. The topological polar surface area (TPSA) is 80.9 Å². The number of nitrogens with one attached hydrogen (secondary N) is 1. The van der Waals surface area contributed by atoms with Crippen molar-refractivity contribution in [3.8, 4) is 0 Å². The minimum Gasteiger partial charge on any atom is -0.399 e. The van der Waals surface area contributed by atoms with Crippen molar-refractivity contribution in [2.75, 3.05) is 16.8 Å². The summed E-state index contributed by atoms with van der Waals surface area (Å²) in [6.45, 7) is 1.87. The number of pyridine rings is 1. The van der Waals surface area contributed by atoms with E-state index in [0.29, 0.717) is 16.5 Å². The Morgan fingerprint density at radius 3 is 3.04 bits per heavy atom. The van der Waals surface area contributed by atoms with Crippen molar-refractivity contribution in [1.29, 1.82) is 0 Å². The maximum Gasteiger partial charge on any atom is 0.234 e. The number of aromatic nitrogens is 2. The van der Waals surface area contributed by atoms with E-state index >= 15 is 0 Å². The lowest BCUT2D eigenvalue weighted by Crippen LogP contribution is -2.15. The number of halogens is 1. The number of thiazole rings is 1. The molecule has 0 saturated heterocycles. The molecule has 3 aromatic rings. The van der Waals surface area contributed by atoms with Crippen LogP contribution in [0.5, 0.6) is 0 Å². The number of hydrogen-bond donors (Lipinski definition) is 2. The predicted molar refractivity (Wildman–Crippen MR) is 97.4 cm³/mol. The molecule has 5 nitrogen and oxygen atoms in total. The number of nitrogens with zero attached hydrogens (tertiary/aromatic N) is 2. The maximum atomic E-state index is 12.1. The lowest BCUT2D eigenvalue weighted by atomic mass is 10.2. The number of carbonyl (C=O) groups excluding carboxylic acids is 1. The molecule has 0 fully saturated rings. The van der Waals surface area contributed by atoms with Crippen LogP contribution in [0, 0.1) is 6.92 Å². The molecule has 3 N–H and O–H groups in total. The van der Waals surface area contributed by atoms with Crippen molar-refractivity contribution in [3.05, 3.63) is 41.2 Å². The van der Waals surface area contributed by atoms with Crippen LogP contribution >= 0.6 is 34.7 Å². The summed E-state index contributed by atoms with van der Waals surface area (Å²) < 4.78 is 1.84. The summed E-state index contributed by atoms with van der Waals surface area (Å²) in [4.78, 5) is 20.5. The van der Waals surface area contributed by atoms with Gasteiger partial charge in [-0.25, -0.2) is 9.97 Å². The monoisotopic (exact) mass is 364 g/mol. The molecule has 2 heterocycles. The van der Waals surface area contributed by atoms with Gasteiger partial charge in [0, 0.05) is 11.9 Å². The van der Waals surface area contributed by atoms with Crippen LogP contribution in [0.1, 0.15) is 5.56 Å². The minimum atomic E-state index is -0.147. The smallest absolute Gasteiger partial charge is 0.234 e. The highest BCUT2D eigenvalue weighted by Crippen LogP contribution is 2.31. The van der Waals surface area contributed by atoms with Gasteiger partial charge in [-0.1, -0.05) is 23.4 Å². The third-order valence-corrected chi connectivity index (χ3v) is 5.54. The van der Waals surface area contributed by atoms with Crippen molar-refractivity contribution in [1.82, 2.24) is 9.97 Å². The minimum absolute atomic E-state index is 0.147. The zero-order chi connectivity index (χ0) is 16.4. The van der Waals surface area contributed by atoms with E-state index in [2.05, 4.69) is 15.3 Å². The number of fused-ring (bicyclic) bond motifs is 1. The summed E-state index contributed by atoms with van der Waals surface area (Å²) in [6.07, 6.45) is 1.61. The van der Waals surface area contributed by atoms with E-state index < -0.39 is 0 Å². The van der Waals surface area contributed by atoms with Crippen LogP contribution in [0.3, 0.4) is 0 Å². The maximum absolute atomic E-state index is 12.1. The SMILES string of the molecule is Cc1ccnc(Cl)c1NC(=O)CSc1nc2ccc(N)cc2s1. The van der Waals surface area contributed by atoms with Crippen molar-refractivity contribution < 1.29 is 4.79 Å². The quantitative estimate of drug-likeness (QED) is 0.416. The molecule has 3 rings (SSSR count). The number of aryl methyl sites for hydroxylation is 1. The largest absolute Gasteiger partial charge is 0.399 e. The van der Waals surface area contributed by atoms with E-state index in [-0.39, 0.29) is 11.7 Å². The summed E-state index contributed by atoms with van der Waals surface area (Å²) in [5.41, 5.74) is 8.78. The fourth-order valence-corrected chi connectivity index (χ4v) is 4.13. The Morgan fingerprint density at radius 2 is 2.26 bits per heavy atom. The zero-order valence-corrected chi connectivity index (χ0v) is 14.6. The molecule has 23 heavy (non-hydrogen) atoms. The average Bonchev–Trinajstić information content (AvgIpc) is 2.91. The van der Waals surface area contributed by atoms with Crippen molar-refractivity contribution in [2.45, 2.75) is 11.3 Å². The van der Waals surface area contributed by atoms with Crippen molar-refractivity contribution in [2.24, 2.45) is 0 Å². The van der Waals surface area contributed by atoms with Gasteiger partial charge in [0.1, 0.15) is 0 Å². The second kappa shape index (κ2) is 6.74. The van der Waals surface area contributed by atoms with Gasteiger partial charge in [-0.2, -0.15) is 0 Å². The number of nitrogen functional groups attached to an aromatic ring is 1. The Hall–Kier alpha value is -1.83. The second-order valence-corrected chi connectivity index (χ2v) is 7.45. The standard InChI is InChI=1S/C15H13ClN4OS2/c1-8-4-5-18-14(16)13(8)20-12(21)7-22-15-19-10-3-2-9(17)6-11(10)23-15/h2-6H,7,17H2,1H3,(H,20,21). The number of benzene rings is 1. The van der Waals surface area contributed by atoms with Gasteiger partial charge in [0.05, 0.1) is 21.7 Å². The molecule has 0 saturated carbocycles. The van der Waals surface area contributed by atoms with E-state index in [1.807, 2.05) is 25.1 Å². The third kappa shape index (κ3) is 3.74. The highest BCUT2D eigenvalue weighted by atomic mass is 35.5. The molecule has 0 aliphatic rings. The number of nitrogens with two attached hydrogens (primary N) is 1. The Kier molecular flexibility index (Phi) is 4.70. The van der Waals surface area contributed by atoms with Crippen LogP contribution in [0.2, 0.25) is 5.15 Å². The Labute approximate surface area is 146 Å². The lowest BCUT2D eigenvalue weighted by molar-refractivity contribution is -0.113. The van der Waals surface area contributed by atoms with Gasteiger partial charge in [0.25, 0.3) is 0 Å². The number of anilines is 2. The van der Waals surface area contributed by atoms with Crippen LogP contribution in [-0.2, 0) is 4.79 Å². The van der Waals surface area contributed by atoms with Gasteiger partial charge in [0.15, 0.2) is 9.49 Å². The Balaban J connectivity index is 1.66. The molecule has 8 heteroatoms. The van der Waals surface area contributed by atoms with Gasteiger partial charge in [-0.3, -0.25) is 4.79 Å². The van der Waals surface area contributed by atoms with Crippen LogP contribution < -0.4 is 11.1 Å². The molecular formula is C15H13ClN4OS2. The Bertz CT molecular complexity index is 861. The third-order valence-electron chi connectivity index (χ3n) is 3.10. The van der Waals surface area contributed by atoms with E-state index in [0.717, 1.165) is 20.1 Å². The van der Waals surface area contributed by atoms with Crippen LogP contribution in [0.15, 0.2) is 34.8 Å². The Morgan fingerprint density at radius 1 is 1.43 bits per heavy atom. The number of thioether (sulfide) groups is 1. The van der Waals surface area contributed by atoms with Crippen LogP contribution in [0.25, 0.3) is 10.2 Å². The summed E-state index contributed by atoms with van der Waals surface area (Å²) >= 11 is 8.91. The number of rotatable bonds is 4. The molecule has 2 aromatic heterocycles. The van der Waals surface area contributed by atoms with Crippen molar-refractivity contribution in [3.63, 3.8) is 0 Å². The first-order valence-electron chi connectivity index (χ1n) is 6.73. The number of carbonyl (C=O) groups is 1. The van der Waals surface area contributed by atoms with Crippen LogP contribution in [-0.4, -0.2) is 21.6 Å². The lowest BCUT2D eigenvalue weighted by Gasteiger charge is -2.08. The van der Waals surface area contributed by atoms with Gasteiger partial charge in [0.2, 0.25) is 5.91 Å². The summed E-state index contributed by atoms with van der Waals surface area (Å²) in [7, 11) is 0. The molecule has 0 radical (unpaired) electrons. The van der Waals surface area contributed by atoms with Gasteiger partial charge < -0.3 is 11.1 Å². The molecule has 0 spiro atoms. The molecular weight excluding hydrogens is 352 g/mol. The van der Waals surface area contributed by atoms with Crippen molar-refractivity contribution >= 4 is 62.2 Å². The van der Waals surface area contributed by atoms with E-state index in [4.69, 9.17) is 17.3 Å². The van der Waals surface area contributed by atoms with E-state index in [1.54, 1.807) is 12.3 Å².